The monoisotopic (exact) mass is 230 g/mol. The fourth-order valence-corrected chi connectivity index (χ4v) is 1.27. The van der Waals surface area contributed by atoms with Crippen LogP contribution in [-0.4, -0.2) is 31.2 Å². The second kappa shape index (κ2) is 8.53. The molecule has 4 heteroatoms. The molecule has 0 aromatic rings. The van der Waals surface area contributed by atoms with Gasteiger partial charge in [-0.1, -0.05) is 20.8 Å². The van der Waals surface area contributed by atoms with Crippen molar-refractivity contribution in [3.05, 3.63) is 0 Å². The molecule has 0 unspecified atom stereocenters. The molecule has 0 saturated heterocycles. The highest BCUT2D eigenvalue weighted by molar-refractivity contribution is 5.76. The van der Waals surface area contributed by atoms with E-state index in [9.17, 15) is 4.79 Å². The minimum absolute atomic E-state index is 0.0211. The summed E-state index contributed by atoms with van der Waals surface area (Å²) in [7, 11) is 0. The van der Waals surface area contributed by atoms with Gasteiger partial charge in [0.1, 0.15) is 0 Å². The van der Waals surface area contributed by atoms with Crippen LogP contribution >= 0.6 is 0 Å². The fraction of sp³-hybridized carbons (Fsp3) is 0.917. The Hall–Kier alpha value is -0.610. The Morgan fingerprint density at radius 2 is 1.88 bits per heavy atom. The van der Waals surface area contributed by atoms with Gasteiger partial charge in [0, 0.05) is 25.1 Å². The molecule has 0 heterocycles. The number of nitrogens with two attached hydrogens (primary N) is 1. The second-order valence-electron chi connectivity index (χ2n) is 4.21. The van der Waals surface area contributed by atoms with Gasteiger partial charge in [-0.2, -0.15) is 0 Å². The molecule has 0 atom stereocenters. The van der Waals surface area contributed by atoms with Crippen LogP contribution in [0.1, 0.15) is 46.5 Å². The third kappa shape index (κ3) is 6.80. The maximum atomic E-state index is 11.4. The molecular weight excluding hydrogens is 204 g/mol. The zero-order chi connectivity index (χ0) is 12.4. The molecule has 1 amide bonds. The number of amides is 1. The second-order valence-corrected chi connectivity index (χ2v) is 4.21. The van der Waals surface area contributed by atoms with Crippen molar-refractivity contribution < 1.29 is 9.53 Å². The highest BCUT2D eigenvalue weighted by Gasteiger charge is 2.20. The molecule has 0 aliphatic heterocycles. The van der Waals surface area contributed by atoms with Crippen LogP contribution in [0.4, 0.5) is 0 Å². The standard InChI is InChI=1S/C12H26N2O2/c1-4-8-16-9-7-11(15)14-10-12(13,5-2)6-3/h4-10,13H2,1-3H3,(H,14,15). The molecule has 0 aliphatic rings. The number of rotatable bonds is 9. The maximum absolute atomic E-state index is 11.4. The zero-order valence-corrected chi connectivity index (χ0v) is 10.8. The summed E-state index contributed by atoms with van der Waals surface area (Å²) in [6.07, 6.45) is 3.15. The van der Waals surface area contributed by atoms with Gasteiger partial charge in [0.15, 0.2) is 0 Å². The third-order valence-electron chi connectivity index (χ3n) is 2.87. The third-order valence-corrected chi connectivity index (χ3v) is 2.87. The summed E-state index contributed by atoms with van der Waals surface area (Å²) in [5, 5.41) is 2.86. The number of carbonyl (C=O) groups is 1. The number of hydrogen-bond acceptors (Lipinski definition) is 3. The van der Waals surface area contributed by atoms with Crippen molar-refractivity contribution >= 4 is 5.91 Å². The van der Waals surface area contributed by atoms with Gasteiger partial charge < -0.3 is 15.8 Å². The van der Waals surface area contributed by atoms with Crippen LogP contribution in [0.25, 0.3) is 0 Å². The van der Waals surface area contributed by atoms with Gasteiger partial charge in [0.05, 0.1) is 6.61 Å². The van der Waals surface area contributed by atoms with E-state index < -0.39 is 0 Å². The first kappa shape index (κ1) is 15.4. The van der Waals surface area contributed by atoms with Crippen molar-refractivity contribution in [1.82, 2.24) is 5.32 Å². The molecule has 0 fully saturated rings. The van der Waals surface area contributed by atoms with Crippen molar-refractivity contribution in [1.29, 1.82) is 0 Å². The number of nitrogens with one attached hydrogen (secondary N) is 1. The summed E-state index contributed by atoms with van der Waals surface area (Å²) < 4.78 is 5.25. The molecule has 0 aromatic carbocycles. The molecule has 0 aromatic heterocycles. The Kier molecular flexibility index (Phi) is 8.21. The molecule has 0 rings (SSSR count). The molecule has 16 heavy (non-hydrogen) atoms. The lowest BCUT2D eigenvalue weighted by Crippen LogP contribution is -2.49. The van der Waals surface area contributed by atoms with Gasteiger partial charge in [-0.15, -0.1) is 0 Å². The highest BCUT2D eigenvalue weighted by atomic mass is 16.5. The summed E-state index contributed by atoms with van der Waals surface area (Å²) >= 11 is 0. The minimum Gasteiger partial charge on any atom is -0.381 e. The Bertz CT molecular complexity index is 191. The van der Waals surface area contributed by atoms with Crippen molar-refractivity contribution in [2.24, 2.45) is 5.73 Å². The molecule has 0 saturated carbocycles. The normalized spacial score (nSPS) is 11.5. The molecule has 0 aliphatic carbocycles. The zero-order valence-electron chi connectivity index (χ0n) is 10.8. The number of hydrogen-bond donors (Lipinski definition) is 2. The number of ether oxygens (including phenoxy) is 1. The predicted octanol–water partition coefficient (Wildman–Crippen LogP) is 1.44. The van der Waals surface area contributed by atoms with Gasteiger partial charge in [-0.3, -0.25) is 4.79 Å². The maximum Gasteiger partial charge on any atom is 0.222 e. The van der Waals surface area contributed by atoms with Crippen LogP contribution in [0.3, 0.4) is 0 Å². The number of carbonyl (C=O) groups excluding carboxylic acids is 1. The molecule has 3 N–H and O–H groups in total. The van der Waals surface area contributed by atoms with E-state index in [0.717, 1.165) is 25.9 Å². The largest absolute Gasteiger partial charge is 0.381 e. The van der Waals surface area contributed by atoms with Gasteiger partial charge in [0.25, 0.3) is 0 Å². The van der Waals surface area contributed by atoms with Crippen LogP contribution in [0, 0.1) is 0 Å². The van der Waals surface area contributed by atoms with E-state index in [1.165, 1.54) is 0 Å². The molecule has 4 nitrogen and oxygen atoms in total. The average Bonchev–Trinajstić information content (AvgIpc) is 2.31. The Labute approximate surface area is 98.9 Å². The molecule has 0 spiro atoms. The van der Waals surface area contributed by atoms with Gasteiger partial charge in [-0.05, 0) is 19.3 Å². The van der Waals surface area contributed by atoms with Crippen molar-refractivity contribution in [3.8, 4) is 0 Å². The van der Waals surface area contributed by atoms with Crippen molar-refractivity contribution in [3.63, 3.8) is 0 Å². The lowest BCUT2D eigenvalue weighted by atomic mass is 9.94. The van der Waals surface area contributed by atoms with E-state index in [-0.39, 0.29) is 11.4 Å². The van der Waals surface area contributed by atoms with E-state index >= 15 is 0 Å². The van der Waals surface area contributed by atoms with Crippen LogP contribution in [0.2, 0.25) is 0 Å². The Morgan fingerprint density at radius 1 is 1.25 bits per heavy atom. The SMILES string of the molecule is CCCOCCC(=O)NCC(N)(CC)CC. The topological polar surface area (TPSA) is 64.3 Å². The van der Waals surface area contributed by atoms with Crippen LogP contribution < -0.4 is 11.1 Å². The lowest BCUT2D eigenvalue weighted by Gasteiger charge is -2.26. The Morgan fingerprint density at radius 3 is 2.38 bits per heavy atom. The lowest BCUT2D eigenvalue weighted by molar-refractivity contribution is -0.122. The van der Waals surface area contributed by atoms with E-state index in [1.807, 2.05) is 20.8 Å². The summed E-state index contributed by atoms with van der Waals surface area (Å²) in [6.45, 7) is 7.89. The van der Waals surface area contributed by atoms with Crippen LogP contribution in [-0.2, 0) is 9.53 Å². The van der Waals surface area contributed by atoms with E-state index in [4.69, 9.17) is 10.5 Å². The van der Waals surface area contributed by atoms with Crippen molar-refractivity contribution in [2.45, 2.75) is 52.0 Å². The van der Waals surface area contributed by atoms with E-state index in [2.05, 4.69) is 5.32 Å². The summed E-state index contributed by atoms with van der Waals surface area (Å²) in [4.78, 5) is 11.4. The summed E-state index contributed by atoms with van der Waals surface area (Å²) in [5.41, 5.74) is 5.81. The van der Waals surface area contributed by atoms with E-state index in [1.54, 1.807) is 0 Å². The molecule has 96 valence electrons. The Balaban J connectivity index is 3.64. The summed E-state index contributed by atoms with van der Waals surface area (Å²) in [5.74, 6) is 0.0211. The molecule has 0 bridgehead atoms. The van der Waals surface area contributed by atoms with Gasteiger partial charge in [0.2, 0.25) is 5.91 Å². The first-order valence-electron chi connectivity index (χ1n) is 6.21. The highest BCUT2D eigenvalue weighted by Crippen LogP contribution is 2.09. The van der Waals surface area contributed by atoms with Gasteiger partial charge >= 0.3 is 0 Å². The van der Waals surface area contributed by atoms with Crippen molar-refractivity contribution in [2.75, 3.05) is 19.8 Å². The quantitative estimate of drug-likeness (QED) is 0.589. The van der Waals surface area contributed by atoms with Crippen LogP contribution in [0.5, 0.6) is 0 Å². The fourth-order valence-electron chi connectivity index (χ4n) is 1.27. The van der Waals surface area contributed by atoms with Gasteiger partial charge in [-0.25, -0.2) is 0 Å². The predicted molar refractivity (Wildman–Crippen MR) is 66.2 cm³/mol. The molecule has 0 radical (unpaired) electrons. The summed E-state index contributed by atoms with van der Waals surface area (Å²) in [6, 6.07) is 0. The minimum atomic E-state index is -0.264. The smallest absolute Gasteiger partial charge is 0.222 e. The molecular formula is C12H26N2O2. The first-order chi connectivity index (χ1) is 7.58. The van der Waals surface area contributed by atoms with E-state index in [0.29, 0.717) is 19.6 Å². The first-order valence-corrected chi connectivity index (χ1v) is 6.21. The average molecular weight is 230 g/mol. The van der Waals surface area contributed by atoms with Crippen LogP contribution in [0.15, 0.2) is 0 Å².